The Morgan fingerprint density at radius 3 is 2.64 bits per heavy atom. The Balaban J connectivity index is 2.53. The van der Waals surface area contributed by atoms with Crippen molar-refractivity contribution in [2.75, 3.05) is 5.73 Å². The van der Waals surface area contributed by atoms with Crippen molar-refractivity contribution < 1.29 is 0 Å². The van der Waals surface area contributed by atoms with E-state index in [9.17, 15) is 0 Å². The van der Waals surface area contributed by atoms with Crippen LogP contribution < -0.4 is 5.73 Å². The van der Waals surface area contributed by atoms with Crippen molar-refractivity contribution in [3.63, 3.8) is 0 Å². The summed E-state index contributed by atoms with van der Waals surface area (Å²) in [5.74, 6) is 0. The second kappa shape index (κ2) is 3.50. The minimum Gasteiger partial charge on any atom is -0.399 e. The third-order valence-corrected chi connectivity index (χ3v) is 2.19. The first kappa shape index (κ1) is 8.75. The fraction of sp³-hybridized carbons (Fsp3) is 0.0833. The van der Waals surface area contributed by atoms with Crippen molar-refractivity contribution in [3.8, 4) is 11.3 Å². The van der Waals surface area contributed by atoms with E-state index in [4.69, 9.17) is 5.73 Å². The molecule has 14 heavy (non-hydrogen) atoms. The molecule has 2 aromatic rings. The minimum atomic E-state index is 0.794. The monoisotopic (exact) mass is 184 g/mol. The summed E-state index contributed by atoms with van der Waals surface area (Å²) in [6.45, 7) is 2.04. The lowest BCUT2D eigenvalue weighted by atomic mass is 10.0. The number of aryl methyl sites for hydroxylation is 1. The fourth-order valence-corrected chi connectivity index (χ4v) is 1.50. The van der Waals surface area contributed by atoms with Gasteiger partial charge in [0.25, 0.3) is 0 Å². The van der Waals surface area contributed by atoms with Crippen LogP contribution in [-0.2, 0) is 0 Å². The molecule has 0 fully saturated rings. The third-order valence-electron chi connectivity index (χ3n) is 2.19. The van der Waals surface area contributed by atoms with Gasteiger partial charge in [-0.3, -0.25) is 4.98 Å². The van der Waals surface area contributed by atoms with E-state index in [2.05, 4.69) is 4.98 Å². The van der Waals surface area contributed by atoms with Gasteiger partial charge in [0, 0.05) is 17.4 Å². The van der Waals surface area contributed by atoms with Gasteiger partial charge in [-0.15, -0.1) is 0 Å². The highest BCUT2D eigenvalue weighted by molar-refractivity contribution is 5.66. The van der Waals surface area contributed by atoms with Crippen LogP contribution >= 0.6 is 0 Å². The van der Waals surface area contributed by atoms with Gasteiger partial charge in [0.05, 0.1) is 5.69 Å². The summed E-state index contributed by atoms with van der Waals surface area (Å²) in [6, 6.07) is 11.8. The van der Waals surface area contributed by atoms with E-state index in [0.717, 1.165) is 22.5 Å². The molecule has 1 aromatic carbocycles. The predicted octanol–water partition coefficient (Wildman–Crippen LogP) is 2.64. The lowest BCUT2D eigenvalue weighted by molar-refractivity contribution is 1.31. The summed E-state index contributed by atoms with van der Waals surface area (Å²) in [4.78, 5) is 4.30. The zero-order valence-electron chi connectivity index (χ0n) is 8.07. The van der Waals surface area contributed by atoms with Crippen molar-refractivity contribution in [1.82, 2.24) is 4.98 Å². The van der Waals surface area contributed by atoms with Crippen LogP contribution in [0.2, 0.25) is 0 Å². The molecule has 0 saturated heterocycles. The van der Waals surface area contributed by atoms with E-state index in [1.165, 1.54) is 0 Å². The Morgan fingerprint density at radius 2 is 2.00 bits per heavy atom. The number of pyridine rings is 1. The van der Waals surface area contributed by atoms with Gasteiger partial charge in [0.1, 0.15) is 0 Å². The molecule has 2 rings (SSSR count). The zero-order chi connectivity index (χ0) is 9.97. The molecule has 0 spiro atoms. The van der Waals surface area contributed by atoms with Gasteiger partial charge in [-0.2, -0.15) is 0 Å². The maximum atomic E-state index is 5.69. The molecule has 0 atom stereocenters. The van der Waals surface area contributed by atoms with Crippen molar-refractivity contribution in [2.24, 2.45) is 0 Å². The summed E-state index contributed by atoms with van der Waals surface area (Å²) in [6.07, 6.45) is 1.80. The molecule has 2 heteroatoms. The van der Waals surface area contributed by atoms with Gasteiger partial charge in [-0.25, -0.2) is 0 Å². The van der Waals surface area contributed by atoms with Gasteiger partial charge >= 0.3 is 0 Å². The van der Waals surface area contributed by atoms with Crippen LogP contribution in [-0.4, -0.2) is 4.98 Å². The number of anilines is 1. The minimum absolute atomic E-state index is 0.794. The van der Waals surface area contributed by atoms with Crippen LogP contribution in [0.25, 0.3) is 11.3 Å². The first-order valence-corrected chi connectivity index (χ1v) is 4.55. The smallest absolute Gasteiger partial charge is 0.0704 e. The largest absolute Gasteiger partial charge is 0.399 e. The van der Waals surface area contributed by atoms with E-state index in [1.807, 2.05) is 43.3 Å². The summed E-state index contributed by atoms with van der Waals surface area (Å²) in [7, 11) is 0. The Labute approximate surface area is 83.4 Å². The van der Waals surface area contributed by atoms with Crippen LogP contribution in [0.4, 0.5) is 5.69 Å². The number of nitrogens with two attached hydrogens (primary N) is 1. The highest BCUT2D eigenvalue weighted by atomic mass is 14.7. The zero-order valence-corrected chi connectivity index (χ0v) is 8.07. The van der Waals surface area contributed by atoms with Crippen molar-refractivity contribution >= 4 is 5.69 Å². The first-order valence-electron chi connectivity index (χ1n) is 4.55. The lowest BCUT2D eigenvalue weighted by Gasteiger charge is -2.05. The van der Waals surface area contributed by atoms with Crippen LogP contribution in [0.15, 0.2) is 42.6 Å². The normalized spacial score (nSPS) is 10.1. The predicted molar refractivity (Wildman–Crippen MR) is 58.8 cm³/mol. The molecular weight excluding hydrogens is 172 g/mol. The van der Waals surface area contributed by atoms with Gasteiger partial charge in [-0.05, 0) is 36.8 Å². The summed E-state index contributed by atoms with van der Waals surface area (Å²) < 4.78 is 0. The van der Waals surface area contributed by atoms with Crippen LogP contribution in [0, 0.1) is 6.92 Å². The maximum Gasteiger partial charge on any atom is 0.0704 e. The molecule has 0 aliphatic heterocycles. The number of hydrogen-bond acceptors (Lipinski definition) is 2. The molecular formula is C12H12N2. The summed E-state index contributed by atoms with van der Waals surface area (Å²) in [5.41, 5.74) is 9.76. The Bertz CT molecular complexity index is 435. The molecule has 0 radical (unpaired) electrons. The molecule has 0 unspecified atom stereocenters. The first-order chi connectivity index (χ1) is 6.77. The number of rotatable bonds is 1. The van der Waals surface area contributed by atoms with E-state index >= 15 is 0 Å². The summed E-state index contributed by atoms with van der Waals surface area (Å²) >= 11 is 0. The average molecular weight is 184 g/mol. The number of aromatic nitrogens is 1. The number of hydrogen-bond donors (Lipinski definition) is 1. The highest BCUT2D eigenvalue weighted by Crippen LogP contribution is 2.22. The van der Waals surface area contributed by atoms with Crippen LogP contribution in [0.3, 0.4) is 0 Å². The summed E-state index contributed by atoms with van der Waals surface area (Å²) in [5, 5.41) is 0. The second-order valence-corrected chi connectivity index (χ2v) is 3.29. The van der Waals surface area contributed by atoms with Gasteiger partial charge in [-0.1, -0.05) is 12.1 Å². The molecule has 0 bridgehead atoms. The SMILES string of the molecule is Cc1cc(N)ccc1-c1ccccn1. The van der Waals surface area contributed by atoms with Crippen LogP contribution in [0.5, 0.6) is 0 Å². The lowest BCUT2D eigenvalue weighted by Crippen LogP contribution is -1.89. The van der Waals surface area contributed by atoms with Crippen LogP contribution in [0.1, 0.15) is 5.56 Å². The van der Waals surface area contributed by atoms with Crippen molar-refractivity contribution in [2.45, 2.75) is 6.92 Å². The molecule has 0 amide bonds. The molecule has 0 aliphatic rings. The van der Waals surface area contributed by atoms with E-state index in [0.29, 0.717) is 0 Å². The average Bonchev–Trinajstić information content (AvgIpc) is 2.19. The molecule has 1 aromatic heterocycles. The van der Waals surface area contributed by atoms with E-state index in [-0.39, 0.29) is 0 Å². The van der Waals surface area contributed by atoms with E-state index < -0.39 is 0 Å². The quantitative estimate of drug-likeness (QED) is 0.692. The van der Waals surface area contributed by atoms with Crippen molar-refractivity contribution in [3.05, 3.63) is 48.2 Å². The second-order valence-electron chi connectivity index (χ2n) is 3.29. The molecule has 0 saturated carbocycles. The number of nitrogens with zero attached hydrogens (tertiary/aromatic N) is 1. The highest BCUT2D eigenvalue weighted by Gasteiger charge is 2.01. The molecule has 70 valence electrons. The van der Waals surface area contributed by atoms with Gasteiger partial charge in [0.15, 0.2) is 0 Å². The third kappa shape index (κ3) is 1.59. The van der Waals surface area contributed by atoms with Gasteiger partial charge < -0.3 is 5.73 Å². The number of nitrogen functional groups attached to an aromatic ring is 1. The molecule has 2 N–H and O–H groups in total. The van der Waals surface area contributed by atoms with Crippen molar-refractivity contribution in [1.29, 1.82) is 0 Å². The molecule has 1 heterocycles. The van der Waals surface area contributed by atoms with E-state index in [1.54, 1.807) is 6.20 Å². The number of benzene rings is 1. The topological polar surface area (TPSA) is 38.9 Å². The Hall–Kier alpha value is -1.83. The molecule has 0 aliphatic carbocycles. The molecule has 2 nitrogen and oxygen atoms in total. The maximum absolute atomic E-state index is 5.69. The fourth-order valence-electron chi connectivity index (χ4n) is 1.50. The standard InChI is InChI=1S/C12H12N2/c1-9-8-10(13)5-6-11(9)12-4-2-3-7-14-12/h2-8H,13H2,1H3. The van der Waals surface area contributed by atoms with Gasteiger partial charge in [0.2, 0.25) is 0 Å². The Kier molecular flexibility index (Phi) is 2.19. The Morgan fingerprint density at radius 1 is 1.14 bits per heavy atom.